The molecule has 1 N–H and O–H groups in total. The second-order valence-corrected chi connectivity index (χ2v) is 6.62. The lowest BCUT2D eigenvalue weighted by Gasteiger charge is -2.09. The standard InChI is InChI=1S/C16H16BrN5O3/c1-9-4-5-10(6-11(9)17)19-12(23)7-22-8-18-14-13(22)15(24)21(3)16(25)20(14)2/h4-6,8H,7H2,1-3H3,(H,19,23). The van der Waals surface area contributed by atoms with E-state index in [1.165, 1.54) is 29.6 Å². The average Bonchev–Trinajstić information content (AvgIpc) is 2.98. The SMILES string of the molecule is Cc1ccc(NC(=O)Cn2cnc3c2c(=O)n(C)c(=O)n3C)cc1Br. The molecule has 0 aliphatic heterocycles. The number of anilines is 1. The Morgan fingerprint density at radius 2 is 1.96 bits per heavy atom. The topological polar surface area (TPSA) is 90.9 Å². The number of nitrogens with zero attached hydrogens (tertiary/aromatic N) is 4. The van der Waals surface area contributed by atoms with Crippen LogP contribution in [0.1, 0.15) is 5.56 Å². The lowest BCUT2D eigenvalue weighted by Crippen LogP contribution is -2.37. The van der Waals surface area contributed by atoms with Crippen molar-refractivity contribution >= 4 is 38.7 Å². The van der Waals surface area contributed by atoms with E-state index in [1.807, 2.05) is 19.1 Å². The third kappa shape index (κ3) is 3.02. The maximum absolute atomic E-state index is 12.4. The minimum atomic E-state index is -0.485. The van der Waals surface area contributed by atoms with Gasteiger partial charge in [-0.05, 0) is 24.6 Å². The van der Waals surface area contributed by atoms with Crippen LogP contribution in [-0.4, -0.2) is 24.6 Å². The molecule has 3 aromatic rings. The number of aryl methyl sites for hydroxylation is 2. The number of nitrogens with one attached hydrogen (secondary N) is 1. The molecule has 0 atom stereocenters. The molecular weight excluding hydrogens is 390 g/mol. The number of rotatable bonds is 3. The van der Waals surface area contributed by atoms with Gasteiger partial charge in [-0.3, -0.25) is 18.7 Å². The number of hydrogen-bond acceptors (Lipinski definition) is 4. The zero-order valence-electron chi connectivity index (χ0n) is 13.9. The highest BCUT2D eigenvalue weighted by Gasteiger charge is 2.16. The van der Waals surface area contributed by atoms with Crippen LogP contribution in [0.3, 0.4) is 0 Å². The fourth-order valence-electron chi connectivity index (χ4n) is 2.54. The van der Waals surface area contributed by atoms with Crippen molar-refractivity contribution in [2.45, 2.75) is 13.5 Å². The summed E-state index contributed by atoms with van der Waals surface area (Å²) in [5.74, 6) is -0.300. The van der Waals surface area contributed by atoms with Crippen LogP contribution in [0, 0.1) is 6.92 Å². The van der Waals surface area contributed by atoms with Gasteiger partial charge in [0.15, 0.2) is 11.2 Å². The molecule has 9 heteroatoms. The molecular formula is C16H16BrN5O3. The average molecular weight is 406 g/mol. The van der Waals surface area contributed by atoms with Crippen molar-refractivity contribution in [2.24, 2.45) is 14.1 Å². The molecule has 1 amide bonds. The number of halogens is 1. The highest BCUT2D eigenvalue weighted by molar-refractivity contribution is 9.10. The van der Waals surface area contributed by atoms with E-state index < -0.39 is 11.2 Å². The number of benzene rings is 1. The molecule has 0 spiro atoms. The van der Waals surface area contributed by atoms with E-state index in [2.05, 4.69) is 26.2 Å². The van der Waals surface area contributed by atoms with Crippen molar-refractivity contribution in [1.29, 1.82) is 0 Å². The Hall–Kier alpha value is -2.68. The van der Waals surface area contributed by atoms with Crippen molar-refractivity contribution < 1.29 is 4.79 Å². The first kappa shape index (κ1) is 17.2. The van der Waals surface area contributed by atoms with E-state index in [9.17, 15) is 14.4 Å². The van der Waals surface area contributed by atoms with Gasteiger partial charge in [0.2, 0.25) is 5.91 Å². The highest BCUT2D eigenvalue weighted by atomic mass is 79.9. The molecule has 2 heterocycles. The minimum Gasteiger partial charge on any atom is -0.324 e. The maximum Gasteiger partial charge on any atom is 0.332 e. The second-order valence-electron chi connectivity index (χ2n) is 5.76. The Labute approximate surface area is 150 Å². The van der Waals surface area contributed by atoms with Crippen LogP contribution in [0.2, 0.25) is 0 Å². The van der Waals surface area contributed by atoms with Crippen LogP contribution < -0.4 is 16.6 Å². The fourth-order valence-corrected chi connectivity index (χ4v) is 2.92. The normalized spacial score (nSPS) is 11.0. The molecule has 8 nitrogen and oxygen atoms in total. The van der Waals surface area contributed by atoms with Crippen molar-refractivity contribution in [1.82, 2.24) is 18.7 Å². The largest absolute Gasteiger partial charge is 0.332 e. The second kappa shape index (κ2) is 6.32. The van der Waals surface area contributed by atoms with Gasteiger partial charge in [0.05, 0.1) is 6.33 Å². The van der Waals surface area contributed by atoms with E-state index >= 15 is 0 Å². The predicted molar refractivity (Wildman–Crippen MR) is 97.7 cm³/mol. The molecule has 0 saturated heterocycles. The number of carbonyl (C=O) groups is 1. The zero-order valence-corrected chi connectivity index (χ0v) is 15.5. The smallest absolute Gasteiger partial charge is 0.324 e. The number of amides is 1. The van der Waals surface area contributed by atoms with Crippen LogP contribution in [-0.2, 0) is 25.4 Å². The number of hydrogen-bond donors (Lipinski definition) is 1. The molecule has 130 valence electrons. The fraction of sp³-hybridized carbons (Fsp3) is 0.250. The summed E-state index contributed by atoms with van der Waals surface area (Å²) in [6.45, 7) is 1.86. The number of imidazole rings is 1. The third-order valence-electron chi connectivity index (χ3n) is 3.99. The van der Waals surface area contributed by atoms with Gasteiger partial charge in [0.25, 0.3) is 5.56 Å². The van der Waals surface area contributed by atoms with Gasteiger partial charge in [0, 0.05) is 24.3 Å². The predicted octanol–water partition coefficient (Wildman–Crippen LogP) is 1.14. The van der Waals surface area contributed by atoms with Crippen molar-refractivity contribution in [3.63, 3.8) is 0 Å². The Morgan fingerprint density at radius 3 is 2.64 bits per heavy atom. The van der Waals surface area contributed by atoms with E-state index in [0.717, 1.165) is 14.6 Å². The van der Waals surface area contributed by atoms with Crippen LogP contribution in [0.15, 0.2) is 38.6 Å². The first-order valence-electron chi connectivity index (χ1n) is 7.46. The van der Waals surface area contributed by atoms with Crippen LogP contribution >= 0.6 is 15.9 Å². The summed E-state index contributed by atoms with van der Waals surface area (Å²) in [7, 11) is 2.93. The monoisotopic (exact) mass is 405 g/mol. The van der Waals surface area contributed by atoms with Crippen molar-refractivity contribution in [2.75, 3.05) is 5.32 Å². The van der Waals surface area contributed by atoms with Crippen LogP contribution in [0.25, 0.3) is 11.2 Å². The zero-order chi connectivity index (χ0) is 18.3. The van der Waals surface area contributed by atoms with E-state index in [1.54, 1.807) is 6.07 Å². The lowest BCUT2D eigenvalue weighted by atomic mass is 10.2. The quantitative estimate of drug-likeness (QED) is 0.707. The van der Waals surface area contributed by atoms with Gasteiger partial charge in [-0.1, -0.05) is 22.0 Å². The van der Waals surface area contributed by atoms with Crippen molar-refractivity contribution in [3.8, 4) is 0 Å². The molecule has 1 aromatic carbocycles. The first-order chi connectivity index (χ1) is 11.8. The van der Waals surface area contributed by atoms with Crippen molar-refractivity contribution in [3.05, 3.63) is 55.4 Å². The van der Waals surface area contributed by atoms with E-state index in [0.29, 0.717) is 5.69 Å². The molecule has 2 aromatic heterocycles. The van der Waals surface area contributed by atoms with Gasteiger partial charge >= 0.3 is 5.69 Å². The van der Waals surface area contributed by atoms with Crippen LogP contribution in [0.5, 0.6) is 0 Å². The summed E-state index contributed by atoms with van der Waals surface area (Å²) in [5, 5.41) is 2.78. The first-order valence-corrected chi connectivity index (χ1v) is 8.25. The number of fused-ring (bicyclic) bond motifs is 1. The van der Waals surface area contributed by atoms with E-state index in [-0.39, 0.29) is 23.6 Å². The highest BCUT2D eigenvalue weighted by Crippen LogP contribution is 2.20. The Bertz CT molecular complexity index is 1110. The molecule has 0 fully saturated rings. The molecule has 25 heavy (non-hydrogen) atoms. The van der Waals surface area contributed by atoms with Gasteiger partial charge in [-0.25, -0.2) is 9.78 Å². The molecule has 0 unspecified atom stereocenters. The summed E-state index contributed by atoms with van der Waals surface area (Å²) in [6.07, 6.45) is 1.39. The summed E-state index contributed by atoms with van der Waals surface area (Å²) in [5.41, 5.74) is 1.22. The Kier molecular flexibility index (Phi) is 4.34. The van der Waals surface area contributed by atoms with Crippen LogP contribution in [0.4, 0.5) is 5.69 Å². The summed E-state index contributed by atoms with van der Waals surface area (Å²) < 4.78 is 4.61. The summed E-state index contributed by atoms with van der Waals surface area (Å²) >= 11 is 3.42. The summed E-state index contributed by atoms with van der Waals surface area (Å²) in [4.78, 5) is 40.7. The molecule has 0 radical (unpaired) electrons. The van der Waals surface area contributed by atoms with E-state index in [4.69, 9.17) is 0 Å². The number of carbonyl (C=O) groups excluding carboxylic acids is 1. The maximum atomic E-state index is 12.4. The Balaban J connectivity index is 1.93. The van der Waals surface area contributed by atoms with Gasteiger partial charge in [-0.15, -0.1) is 0 Å². The van der Waals surface area contributed by atoms with Gasteiger partial charge in [0.1, 0.15) is 6.54 Å². The molecule has 0 aliphatic carbocycles. The third-order valence-corrected chi connectivity index (χ3v) is 4.84. The molecule has 0 bridgehead atoms. The number of aromatic nitrogens is 4. The molecule has 0 saturated carbocycles. The lowest BCUT2D eigenvalue weighted by molar-refractivity contribution is -0.116. The van der Waals surface area contributed by atoms with Gasteiger partial charge < -0.3 is 9.88 Å². The molecule has 3 rings (SSSR count). The summed E-state index contributed by atoms with van der Waals surface area (Å²) in [6, 6.07) is 5.49. The Morgan fingerprint density at radius 1 is 1.24 bits per heavy atom. The minimum absolute atomic E-state index is 0.0879. The molecule has 0 aliphatic rings. The van der Waals surface area contributed by atoms with Gasteiger partial charge in [-0.2, -0.15) is 0 Å².